The fourth-order valence-corrected chi connectivity index (χ4v) is 1.92. The zero-order valence-electron chi connectivity index (χ0n) is 13.9. The molecule has 0 aliphatic carbocycles. The summed E-state index contributed by atoms with van der Waals surface area (Å²) in [6, 6.07) is 14.1. The van der Waals surface area contributed by atoms with Crippen molar-refractivity contribution in [1.82, 2.24) is 24.8 Å². The van der Waals surface area contributed by atoms with Crippen LogP contribution < -0.4 is 5.01 Å². The molecular formula is C17H12F2IrN7. The van der Waals surface area contributed by atoms with Gasteiger partial charge in [-0.2, -0.15) is 29.4 Å². The number of hydrogen-bond donors (Lipinski definition) is 0. The number of para-hydroxylation sites is 1. The van der Waals surface area contributed by atoms with Gasteiger partial charge in [0.25, 0.3) is 0 Å². The van der Waals surface area contributed by atoms with E-state index in [9.17, 15) is 8.78 Å². The Morgan fingerprint density at radius 2 is 1.89 bits per heavy atom. The molecule has 4 rings (SSSR count). The minimum atomic E-state index is -0.990. The van der Waals surface area contributed by atoms with E-state index in [1.165, 1.54) is 12.7 Å². The average Bonchev–Trinajstić information content (AvgIpc) is 3.10. The number of hydrazone groups is 1. The monoisotopic (exact) mass is 545 g/mol. The van der Waals surface area contributed by atoms with Gasteiger partial charge in [-0.05, 0) is 7.05 Å². The van der Waals surface area contributed by atoms with Crippen molar-refractivity contribution < 1.29 is 28.9 Å². The van der Waals surface area contributed by atoms with Crippen LogP contribution >= 0.6 is 0 Å². The third-order valence-corrected chi connectivity index (χ3v) is 3.05. The number of anilines is 1. The van der Waals surface area contributed by atoms with Crippen molar-refractivity contribution in [2.75, 3.05) is 12.1 Å². The van der Waals surface area contributed by atoms with Gasteiger partial charge in [0, 0.05) is 0 Å². The molecule has 0 radical (unpaired) electrons. The fourth-order valence-electron chi connectivity index (χ4n) is 1.92. The predicted octanol–water partition coefficient (Wildman–Crippen LogP) is 2.31. The van der Waals surface area contributed by atoms with Crippen LogP contribution in [0.4, 0.5) is 14.5 Å². The second-order valence-corrected chi connectivity index (χ2v) is 4.96. The largest absolute Gasteiger partial charge is 3.00 e. The first-order valence-electron chi connectivity index (χ1n) is 7.36. The molecule has 27 heavy (non-hydrogen) atoms. The van der Waals surface area contributed by atoms with Gasteiger partial charge >= 0.3 is 20.1 Å². The summed E-state index contributed by atoms with van der Waals surface area (Å²) in [6.07, 6.45) is 4.17. The molecule has 2 aromatic heterocycles. The summed E-state index contributed by atoms with van der Waals surface area (Å²) in [4.78, 5) is 15.8. The Labute approximate surface area is 168 Å². The van der Waals surface area contributed by atoms with Crippen LogP contribution in [-0.4, -0.2) is 38.2 Å². The molecule has 0 saturated carbocycles. The maximum absolute atomic E-state index is 13.1. The molecule has 10 heteroatoms. The van der Waals surface area contributed by atoms with E-state index in [1.807, 2.05) is 42.9 Å². The van der Waals surface area contributed by atoms with Crippen molar-refractivity contribution in [3.05, 3.63) is 73.7 Å². The standard InChI is InChI=1S/C9H9N3.C8H3F2N4.Ir/c1-11-7-10-12(8-11)9-5-3-2-4-6-9;9-6-2-1-5(7(10)14-6)8-12-3-11-4-13-8;/h2-5,7-8H,1H3;2-4H;/q-2;-1;+3. The van der Waals surface area contributed by atoms with E-state index in [0.29, 0.717) is 0 Å². The molecule has 1 aliphatic rings. The van der Waals surface area contributed by atoms with Gasteiger partial charge in [-0.1, -0.05) is 17.3 Å². The van der Waals surface area contributed by atoms with Crippen LogP contribution in [-0.2, 0) is 20.1 Å². The van der Waals surface area contributed by atoms with E-state index in [-0.39, 0.29) is 31.5 Å². The molecule has 0 spiro atoms. The second-order valence-electron chi connectivity index (χ2n) is 4.96. The first-order chi connectivity index (χ1) is 12.6. The van der Waals surface area contributed by atoms with E-state index in [1.54, 1.807) is 11.3 Å². The van der Waals surface area contributed by atoms with Crippen LogP contribution in [0.1, 0.15) is 0 Å². The molecule has 0 atom stereocenters. The zero-order valence-corrected chi connectivity index (χ0v) is 16.3. The maximum atomic E-state index is 13.1. The molecule has 0 bridgehead atoms. The van der Waals surface area contributed by atoms with Gasteiger partial charge in [-0.3, -0.25) is 15.0 Å². The van der Waals surface area contributed by atoms with Crippen molar-refractivity contribution in [3.63, 3.8) is 0 Å². The van der Waals surface area contributed by atoms with Gasteiger partial charge in [-0.15, -0.1) is 18.8 Å². The first kappa shape index (κ1) is 20.5. The molecule has 3 aromatic rings. The van der Waals surface area contributed by atoms with Gasteiger partial charge in [0.2, 0.25) is 0 Å². The van der Waals surface area contributed by atoms with E-state index in [0.717, 1.165) is 11.8 Å². The van der Waals surface area contributed by atoms with Crippen LogP contribution in [0.2, 0.25) is 0 Å². The van der Waals surface area contributed by atoms with Crippen LogP contribution in [0.25, 0.3) is 11.4 Å². The van der Waals surface area contributed by atoms with Crippen LogP contribution in [0, 0.1) is 30.7 Å². The molecule has 138 valence electrons. The summed E-state index contributed by atoms with van der Waals surface area (Å²) in [5, 5.41) is 5.91. The van der Waals surface area contributed by atoms with Crippen molar-refractivity contribution >= 4 is 12.0 Å². The van der Waals surface area contributed by atoms with Crippen molar-refractivity contribution in [1.29, 1.82) is 0 Å². The molecule has 0 unspecified atom stereocenters. The minimum Gasteiger partial charge on any atom is -0.493 e. The molecule has 0 N–H and O–H groups in total. The van der Waals surface area contributed by atoms with Gasteiger partial charge in [0.1, 0.15) is 24.6 Å². The molecule has 1 aliphatic heterocycles. The molecule has 0 saturated heterocycles. The number of halogens is 2. The van der Waals surface area contributed by atoms with Crippen molar-refractivity contribution in [2.45, 2.75) is 0 Å². The number of aromatic nitrogens is 4. The Bertz CT molecular complexity index is 881. The van der Waals surface area contributed by atoms with Crippen molar-refractivity contribution in [2.24, 2.45) is 5.10 Å². The van der Waals surface area contributed by atoms with Gasteiger partial charge in [0.05, 0.1) is 12.2 Å². The molecular weight excluding hydrogens is 532 g/mol. The Balaban J connectivity index is 0.000000189. The summed E-state index contributed by atoms with van der Waals surface area (Å²) in [7, 11) is 1.94. The number of nitrogens with zero attached hydrogens (tertiary/aromatic N) is 7. The number of pyridine rings is 1. The quantitative estimate of drug-likeness (QED) is 0.365. The molecule has 7 nitrogen and oxygen atoms in total. The normalized spacial score (nSPS) is 12.3. The summed E-state index contributed by atoms with van der Waals surface area (Å²) in [5.41, 5.74) is 0.881. The Morgan fingerprint density at radius 1 is 1.11 bits per heavy atom. The van der Waals surface area contributed by atoms with Gasteiger partial charge < -0.3 is 9.91 Å². The van der Waals surface area contributed by atoms with Crippen LogP contribution in [0.3, 0.4) is 0 Å². The number of rotatable bonds is 2. The summed E-state index contributed by atoms with van der Waals surface area (Å²) in [5.74, 6) is -1.85. The third-order valence-electron chi connectivity index (χ3n) is 3.05. The molecule has 0 fully saturated rings. The minimum absolute atomic E-state index is 0. The van der Waals surface area contributed by atoms with E-state index in [2.05, 4.69) is 37.2 Å². The smallest absolute Gasteiger partial charge is 0.493 e. The molecule has 0 amide bonds. The molecule has 3 heterocycles. The average molecular weight is 545 g/mol. The van der Waals surface area contributed by atoms with Gasteiger partial charge in [-0.25, -0.2) is 13.8 Å². The number of benzene rings is 1. The Hall–Kier alpha value is -2.84. The zero-order chi connectivity index (χ0) is 18.4. The third kappa shape index (κ3) is 5.57. The maximum Gasteiger partial charge on any atom is 3.00 e. The van der Waals surface area contributed by atoms with Crippen LogP contribution in [0.15, 0.2) is 48.1 Å². The number of hydrogen-bond acceptors (Lipinski definition) is 7. The molecule has 1 aromatic carbocycles. The SMILES string of the molecule is CN1C=NN(c2[c-]cccc2)[CH-]1.Fc1c[c-]c(-c2ncncn2)c(F)n1.[Ir+3]. The van der Waals surface area contributed by atoms with Crippen molar-refractivity contribution in [3.8, 4) is 11.4 Å². The van der Waals surface area contributed by atoms with Crippen LogP contribution in [0.5, 0.6) is 0 Å². The fraction of sp³-hybridized carbons (Fsp3) is 0.0588. The predicted molar refractivity (Wildman–Crippen MR) is 90.1 cm³/mol. The Kier molecular flexibility index (Phi) is 7.39. The summed E-state index contributed by atoms with van der Waals surface area (Å²) >= 11 is 0. The topological polar surface area (TPSA) is 70.4 Å². The summed E-state index contributed by atoms with van der Waals surface area (Å²) < 4.78 is 25.5. The van der Waals surface area contributed by atoms with Gasteiger partial charge in [0.15, 0.2) is 0 Å². The van der Waals surface area contributed by atoms with E-state index >= 15 is 0 Å². The van der Waals surface area contributed by atoms with E-state index in [4.69, 9.17) is 0 Å². The first-order valence-corrected chi connectivity index (χ1v) is 7.36. The Morgan fingerprint density at radius 3 is 2.48 bits per heavy atom. The van der Waals surface area contributed by atoms with E-state index < -0.39 is 11.9 Å². The second kappa shape index (κ2) is 9.75. The summed E-state index contributed by atoms with van der Waals surface area (Å²) in [6.45, 7) is 1.89.